The highest BCUT2D eigenvalue weighted by atomic mass is 35.5. The van der Waals surface area contributed by atoms with E-state index in [0.717, 1.165) is 4.90 Å². The summed E-state index contributed by atoms with van der Waals surface area (Å²) >= 11 is 24.1. The zero-order valence-electron chi connectivity index (χ0n) is 16.5. The Morgan fingerprint density at radius 1 is 0.758 bits per heavy atom. The molecule has 3 amide bonds. The average Bonchev–Trinajstić information content (AvgIpc) is 2.98. The van der Waals surface area contributed by atoms with Crippen LogP contribution >= 0.6 is 46.4 Å². The van der Waals surface area contributed by atoms with Crippen LogP contribution in [0.2, 0.25) is 15.1 Å². The number of nitrogens with one attached hydrogen (secondary N) is 2. The van der Waals surface area contributed by atoms with Gasteiger partial charge in [0.05, 0.1) is 10.7 Å². The van der Waals surface area contributed by atoms with E-state index in [2.05, 4.69) is 10.6 Å². The zero-order chi connectivity index (χ0) is 23.7. The summed E-state index contributed by atoms with van der Waals surface area (Å²) in [6.07, 6.45) is 0. The van der Waals surface area contributed by atoms with Gasteiger partial charge in [-0.25, -0.2) is 4.90 Å². The average molecular weight is 521 g/mol. The van der Waals surface area contributed by atoms with E-state index >= 15 is 0 Å². The molecule has 0 aliphatic carbocycles. The van der Waals surface area contributed by atoms with Crippen LogP contribution < -0.4 is 15.5 Å². The molecule has 3 aromatic rings. The molecule has 6 nitrogen and oxygen atoms in total. The molecule has 0 bridgehead atoms. The van der Waals surface area contributed by atoms with Gasteiger partial charge in [0.2, 0.25) is 0 Å². The third-order valence-corrected chi connectivity index (χ3v) is 5.80. The van der Waals surface area contributed by atoms with Gasteiger partial charge in [0, 0.05) is 27.0 Å². The molecular weight excluding hydrogens is 508 g/mol. The predicted molar refractivity (Wildman–Crippen MR) is 131 cm³/mol. The fraction of sp³-hybridized carbons (Fsp3) is 0. The van der Waals surface area contributed by atoms with Crippen LogP contribution in [0.3, 0.4) is 0 Å². The van der Waals surface area contributed by atoms with Crippen LogP contribution in [-0.2, 0) is 9.59 Å². The molecule has 1 heterocycles. The Labute approximate surface area is 208 Å². The van der Waals surface area contributed by atoms with Crippen molar-refractivity contribution < 1.29 is 14.4 Å². The minimum absolute atomic E-state index is 0.108. The van der Waals surface area contributed by atoms with Crippen LogP contribution in [0.15, 0.2) is 77.5 Å². The van der Waals surface area contributed by atoms with E-state index in [4.69, 9.17) is 46.4 Å². The van der Waals surface area contributed by atoms with E-state index in [0.29, 0.717) is 27.0 Å². The van der Waals surface area contributed by atoms with E-state index in [-0.39, 0.29) is 27.3 Å². The van der Waals surface area contributed by atoms with Gasteiger partial charge in [-0.1, -0.05) is 52.5 Å². The first kappa shape index (κ1) is 23.1. The lowest BCUT2D eigenvalue weighted by atomic mass is 10.2. The van der Waals surface area contributed by atoms with Crippen molar-refractivity contribution in [3.05, 3.63) is 98.1 Å². The third kappa shape index (κ3) is 4.84. The molecule has 1 aliphatic rings. The van der Waals surface area contributed by atoms with E-state index in [9.17, 15) is 14.4 Å². The van der Waals surface area contributed by atoms with E-state index in [1.807, 2.05) is 0 Å². The van der Waals surface area contributed by atoms with Gasteiger partial charge in [-0.2, -0.15) is 0 Å². The van der Waals surface area contributed by atoms with Crippen molar-refractivity contribution in [2.45, 2.75) is 0 Å². The molecule has 10 heteroatoms. The SMILES string of the molecule is O=C(Nc1cccc(Cl)c1)c1ccc(NC2=C(Cl)C(=O)N(c3ccc(Cl)cc3Cl)C2=O)cc1. The summed E-state index contributed by atoms with van der Waals surface area (Å²) in [6.45, 7) is 0. The number of carbonyl (C=O) groups excluding carboxylic acids is 3. The van der Waals surface area contributed by atoms with Gasteiger partial charge in [0.25, 0.3) is 17.7 Å². The highest BCUT2D eigenvalue weighted by Gasteiger charge is 2.39. The molecule has 0 radical (unpaired) electrons. The lowest BCUT2D eigenvalue weighted by Gasteiger charge is -2.16. The van der Waals surface area contributed by atoms with Gasteiger partial charge in [-0.3, -0.25) is 14.4 Å². The monoisotopic (exact) mass is 519 g/mol. The topological polar surface area (TPSA) is 78.5 Å². The predicted octanol–water partition coefficient (Wildman–Crippen LogP) is 6.33. The van der Waals surface area contributed by atoms with Crippen molar-refractivity contribution >= 4 is 81.2 Å². The molecule has 0 saturated carbocycles. The van der Waals surface area contributed by atoms with Crippen LogP contribution in [-0.4, -0.2) is 17.7 Å². The fourth-order valence-corrected chi connectivity index (χ4v) is 4.01. The number of benzene rings is 3. The number of rotatable bonds is 5. The van der Waals surface area contributed by atoms with Crippen LogP contribution in [0, 0.1) is 0 Å². The molecule has 0 aromatic heterocycles. The van der Waals surface area contributed by atoms with Gasteiger partial charge in [0.1, 0.15) is 10.7 Å². The maximum Gasteiger partial charge on any atom is 0.283 e. The van der Waals surface area contributed by atoms with Crippen LogP contribution in [0.25, 0.3) is 0 Å². The summed E-state index contributed by atoms with van der Waals surface area (Å²) in [5, 5.41) is 6.29. The number of halogens is 4. The number of nitrogens with zero attached hydrogens (tertiary/aromatic N) is 1. The minimum atomic E-state index is -0.717. The number of hydrogen-bond donors (Lipinski definition) is 2. The fourth-order valence-electron chi connectivity index (χ4n) is 3.11. The molecule has 1 aliphatic heterocycles. The zero-order valence-corrected chi connectivity index (χ0v) is 19.6. The molecule has 0 saturated heterocycles. The Morgan fingerprint density at radius 2 is 1.45 bits per heavy atom. The van der Waals surface area contributed by atoms with Crippen molar-refractivity contribution in [1.82, 2.24) is 0 Å². The van der Waals surface area contributed by atoms with Gasteiger partial charge >= 0.3 is 0 Å². The summed E-state index contributed by atoms with van der Waals surface area (Å²) in [5.74, 6) is -1.72. The second-order valence-electron chi connectivity index (χ2n) is 6.90. The largest absolute Gasteiger partial charge is 0.350 e. The maximum atomic E-state index is 12.9. The van der Waals surface area contributed by atoms with Crippen molar-refractivity contribution in [3.63, 3.8) is 0 Å². The van der Waals surface area contributed by atoms with Gasteiger partial charge in [0.15, 0.2) is 0 Å². The van der Waals surface area contributed by atoms with E-state index < -0.39 is 11.8 Å². The van der Waals surface area contributed by atoms with Gasteiger partial charge in [-0.15, -0.1) is 0 Å². The third-order valence-electron chi connectivity index (χ3n) is 4.68. The first-order valence-corrected chi connectivity index (χ1v) is 10.9. The Morgan fingerprint density at radius 3 is 2.12 bits per heavy atom. The Kier molecular flexibility index (Phi) is 6.63. The Bertz CT molecular complexity index is 1320. The van der Waals surface area contributed by atoms with Crippen molar-refractivity contribution in [3.8, 4) is 0 Å². The first-order valence-electron chi connectivity index (χ1n) is 9.42. The number of anilines is 3. The first-order chi connectivity index (χ1) is 15.7. The maximum absolute atomic E-state index is 12.9. The summed E-state index contributed by atoms with van der Waals surface area (Å²) in [7, 11) is 0. The molecule has 0 atom stereocenters. The molecule has 33 heavy (non-hydrogen) atoms. The lowest BCUT2D eigenvalue weighted by Crippen LogP contribution is -2.32. The van der Waals surface area contributed by atoms with Gasteiger partial charge in [-0.05, 0) is 60.7 Å². The van der Waals surface area contributed by atoms with E-state index in [1.165, 1.54) is 18.2 Å². The van der Waals surface area contributed by atoms with Crippen molar-refractivity contribution in [1.29, 1.82) is 0 Å². The highest BCUT2D eigenvalue weighted by Crippen LogP contribution is 2.35. The summed E-state index contributed by atoms with van der Waals surface area (Å²) < 4.78 is 0. The molecule has 0 fully saturated rings. The number of amides is 3. The molecule has 0 unspecified atom stereocenters. The second kappa shape index (κ2) is 9.45. The molecule has 0 spiro atoms. The summed E-state index contributed by atoms with van der Waals surface area (Å²) in [5.41, 5.74) is 1.45. The van der Waals surface area contributed by atoms with Crippen LogP contribution in [0.5, 0.6) is 0 Å². The van der Waals surface area contributed by atoms with Crippen molar-refractivity contribution in [2.24, 2.45) is 0 Å². The molecule has 4 rings (SSSR count). The molecule has 3 aromatic carbocycles. The highest BCUT2D eigenvalue weighted by molar-refractivity contribution is 6.54. The van der Waals surface area contributed by atoms with Crippen LogP contribution in [0.4, 0.5) is 17.1 Å². The van der Waals surface area contributed by atoms with Crippen LogP contribution in [0.1, 0.15) is 10.4 Å². The van der Waals surface area contributed by atoms with E-state index in [1.54, 1.807) is 48.5 Å². The number of imide groups is 1. The van der Waals surface area contributed by atoms with Gasteiger partial charge < -0.3 is 10.6 Å². The molecule has 166 valence electrons. The quantitative estimate of drug-likeness (QED) is 0.385. The number of hydrogen-bond acceptors (Lipinski definition) is 4. The smallest absolute Gasteiger partial charge is 0.283 e. The molecule has 2 N–H and O–H groups in total. The lowest BCUT2D eigenvalue weighted by molar-refractivity contribution is -0.120. The standard InChI is InChI=1S/C23H13Cl4N3O3/c24-13-2-1-3-16(10-13)29-21(31)12-4-7-15(8-5-12)28-20-19(27)22(32)30(23(20)33)18-9-6-14(25)11-17(18)26/h1-11,28H,(H,29,31). The summed E-state index contributed by atoms with van der Waals surface area (Å²) in [4.78, 5) is 38.8. The Hall–Kier alpha value is -3.03. The Balaban J connectivity index is 1.50. The number of carbonyl (C=O) groups is 3. The summed E-state index contributed by atoms with van der Waals surface area (Å²) in [6, 6.07) is 17.5. The minimum Gasteiger partial charge on any atom is -0.350 e. The molecular formula is C23H13Cl4N3O3. The second-order valence-corrected chi connectivity index (χ2v) is 8.56. The normalized spacial score (nSPS) is 13.5. The van der Waals surface area contributed by atoms with Crippen molar-refractivity contribution in [2.75, 3.05) is 15.5 Å².